The van der Waals surface area contributed by atoms with Gasteiger partial charge in [-0.3, -0.25) is 4.68 Å². The van der Waals surface area contributed by atoms with Gasteiger partial charge in [-0.15, -0.1) is 0 Å². The summed E-state index contributed by atoms with van der Waals surface area (Å²) in [6, 6.07) is 2.04. The molecule has 0 fully saturated rings. The van der Waals surface area contributed by atoms with E-state index in [1.165, 1.54) is 5.69 Å². The van der Waals surface area contributed by atoms with Gasteiger partial charge < -0.3 is 5.32 Å². The van der Waals surface area contributed by atoms with Crippen LogP contribution in [0.5, 0.6) is 0 Å². The average Bonchev–Trinajstić information content (AvgIpc) is 2.48. The Morgan fingerprint density at radius 1 is 1.54 bits per heavy atom. The number of hydrogen-bond donors (Lipinski definition) is 1. The molecular weight excluding hydrogens is 162 g/mol. The lowest BCUT2D eigenvalue weighted by molar-refractivity contribution is 0.369. The van der Waals surface area contributed by atoms with E-state index in [4.69, 9.17) is 0 Å². The average molecular weight is 181 g/mol. The lowest BCUT2D eigenvalue weighted by Gasteiger charge is -2.24. The molecule has 74 valence electrons. The van der Waals surface area contributed by atoms with Crippen molar-refractivity contribution in [2.75, 3.05) is 0 Å². The Bertz CT molecular complexity index is 263. The molecule has 1 N–H and O–H groups in total. The standard InChI is InChI=1S/C10H19N3/c1-5-10(2,3)11-8-9-6-7-12-13(9)4/h6-7,11H,5,8H2,1-4H3. The van der Waals surface area contributed by atoms with Gasteiger partial charge in [0.2, 0.25) is 0 Å². The van der Waals surface area contributed by atoms with E-state index in [1.54, 1.807) is 0 Å². The van der Waals surface area contributed by atoms with Crippen LogP contribution in [-0.2, 0) is 13.6 Å². The molecule has 1 rings (SSSR count). The second kappa shape index (κ2) is 3.92. The van der Waals surface area contributed by atoms with Gasteiger partial charge in [-0.1, -0.05) is 6.92 Å². The molecule has 1 aromatic rings. The maximum absolute atomic E-state index is 4.12. The normalized spacial score (nSPS) is 12.0. The van der Waals surface area contributed by atoms with E-state index in [1.807, 2.05) is 24.0 Å². The Hall–Kier alpha value is -0.830. The van der Waals surface area contributed by atoms with Crippen molar-refractivity contribution >= 4 is 0 Å². The highest BCUT2D eigenvalue weighted by molar-refractivity contribution is 5.00. The number of rotatable bonds is 4. The predicted molar refractivity (Wildman–Crippen MR) is 54.4 cm³/mol. The smallest absolute Gasteiger partial charge is 0.0518 e. The maximum Gasteiger partial charge on any atom is 0.0518 e. The number of aromatic nitrogens is 2. The van der Waals surface area contributed by atoms with Crippen molar-refractivity contribution in [3.63, 3.8) is 0 Å². The van der Waals surface area contributed by atoms with Crippen LogP contribution in [0.3, 0.4) is 0 Å². The summed E-state index contributed by atoms with van der Waals surface area (Å²) in [6.07, 6.45) is 2.96. The van der Waals surface area contributed by atoms with E-state index in [-0.39, 0.29) is 5.54 Å². The number of nitrogens with one attached hydrogen (secondary N) is 1. The highest BCUT2D eigenvalue weighted by Crippen LogP contribution is 2.08. The zero-order valence-corrected chi connectivity index (χ0v) is 8.96. The summed E-state index contributed by atoms with van der Waals surface area (Å²) in [6.45, 7) is 7.50. The van der Waals surface area contributed by atoms with Crippen molar-refractivity contribution in [1.82, 2.24) is 15.1 Å². The van der Waals surface area contributed by atoms with Gasteiger partial charge in [-0.25, -0.2) is 0 Å². The topological polar surface area (TPSA) is 29.9 Å². The molecule has 0 bridgehead atoms. The van der Waals surface area contributed by atoms with E-state index >= 15 is 0 Å². The van der Waals surface area contributed by atoms with E-state index in [0.29, 0.717) is 0 Å². The van der Waals surface area contributed by atoms with Gasteiger partial charge in [0.25, 0.3) is 0 Å². The van der Waals surface area contributed by atoms with E-state index in [9.17, 15) is 0 Å². The first kappa shape index (κ1) is 10.3. The quantitative estimate of drug-likeness (QED) is 0.766. The van der Waals surface area contributed by atoms with Gasteiger partial charge in [0, 0.05) is 25.3 Å². The number of nitrogens with zero attached hydrogens (tertiary/aromatic N) is 2. The fourth-order valence-corrected chi connectivity index (χ4v) is 1.03. The van der Waals surface area contributed by atoms with Crippen molar-refractivity contribution in [3.05, 3.63) is 18.0 Å². The number of aryl methyl sites for hydroxylation is 1. The molecule has 0 aromatic carbocycles. The third-order valence-electron chi connectivity index (χ3n) is 2.55. The van der Waals surface area contributed by atoms with Gasteiger partial charge in [-0.05, 0) is 26.3 Å². The van der Waals surface area contributed by atoms with Crippen molar-refractivity contribution in [2.24, 2.45) is 7.05 Å². The van der Waals surface area contributed by atoms with Crippen LogP contribution in [-0.4, -0.2) is 15.3 Å². The fraction of sp³-hybridized carbons (Fsp3) is 0.700. The molecule has 0 unspecified atom stereocenters. The van der Waals surface area contributed by atoms with Crippen molar-refractivity contribution in [1.29, 1.82) is 0 Å². The second-order valence-electron chi connectivity index (χ2n) is 4.04. The van der Waals surface area contributed by atoms with Crippen LogP contribution in [0, 0.1) is 0 Å². The summed E-state index contributed by atoms with van der Waals surface area (Å²) in [4.78, 5) is 0. The Labute approximate surface area is 80.1 Å². The van der Waals surface area contributed by atoms with Crippen LogP contribution in [0.4, 0.5) is 0 Å². The van der Waals surface area contributed by atoms with Gasteiger partial charge in [0.15, 0.2) is 0 Å². The van der Waals surface area contributed by atoms with E-state index in [2.05, 4.69) is 31.2 Å². The molecule has 0 aliphatic heterocycles. The summed E-state index contributed by atoms with van der Waals surface area (Å²) >= 11 is 0. The molecule has 3 heteroatoms. The zero-order chi connectivity index (χ0) is 9.90. The fourth-order valence-electron chi connectivity index (χ4n) is 1.03. The molecule has 1 heterocycles. The summed E-state index contributed by atoms with van der Waals surface area (Å²) in [7, 11) is 1.97. The Morgan fingerprint density at radius 2 is 2.23 bits per heavy atom. The van der Waals surface area contributed by atoms with Gasteiger partial charge in [-0.2, -0.15) is 5.10 Å². The first-order chi connectivity index (χ1) is 6.05. The summed E-state index contributed by atoms with van der Waals surface area (Å²) in [5, 5.41) is 7.61. The summed E-state index contributed by atoms with van der Waals surface area (Å²) < 4.78 is 1.90. The third-order valence-corrected chi connectivity index (χ3v) is 2.55. The highest BCUT2D eigenvalue weighted by Gasteiger charge is 2.13. The van der Waals surface area contributed by atoms with E-state index in [0.717, 1.165) is 13.0 Å². The largest absolute Gasteiger partial charge is 0.306 e. The van der Waals surface area contributed by atoms with Crippen LogP contribution in [0.2, 0.25) is 0 Å². The lowest BCUT2D eigenvalue weighted by atomic mass is 10.0. The van der Waals surface area contributed by atoms with Gasteiger partial charge in [0.1, 0.15) is 0 Å². The minimum atomic E-state index is 0.213. The molecule has 0 saturated heterocycles. The summed E-state index contributed by atoms with van der Waals surface area (Å²) in [5.74, 6) is 0. The second-order valence-corrected chi connectivity index (χ2v) is 4.04. The van der Waals surface area contributed by atoms with Gasteiger partial charge >= 0.3 is 0 Å². The molecule has 13 heavy (non-hydrogen) atoms. The number of hydrogen-bond acceptors (Lipinski definition) is 2. The molecule has 0 radical (unpaired) electrons. The molecule has 0 amide bonds. The predicted octanol–water partition coefficient (Wildman–Crippen LogP) is 1.70. The minimum Gasteiger partial charge on any atom is -0.306 e. The zero-order valence-electron chi connectivity index (χ0n) is 8.96. The molecule has 0 atom stereocenters. The van der Waals surface area contributed by atoms with Crippen LogP contribution >= 0.6 is 0 Å². The monoisotopic (exact) mass is 181 g/mol. The van der Waals surface area contributed by atoms with Crippen LogP contribution in [0.1, 0.15) is 32.9 Å². The van der Waals surface area contributed by atoms with Crippen molar-refractivity contribution in [3.8, 4) is 0 Å². The Balaban J connectivity index is 2.48. The first-order valence-electron chi connectivity index (χ1n) is 4.77. The van der Waals surface area contributed by atoms with Gasteiger partial charge in [0.05, 0.1) is 5.69 Å². The maximum atomic E-state index is 4.12. The SMILES string of the molecule is CCC(C)(C)NCc1ccnn1C. The van der Waals surface area contributed by atoms with E-state index < -0.39 is 0 Å². The Kier molecular flexibility index (Phi) is 3.09. The van der Waals surface area contributed by atoms with Crippen molar-refractivity contribution in [2.45, 2.75) is 39.3 Å². The van der Waals surface area contributed by atoms with Crippen LogP contribution in [0.15, 0.2) is 12.3 Å². The first-order valence-corrected chi connectivity index (χ1v) is 4.77. The third kappa shape index (κ3) is 2.84. The molecule has 0 aliphatic rings. The lowest BCUT2D eigenvalue weighted by Crippen LogP contribution is -2.38. The molecule has 3 nitrogen and oxygen atoms in total. The molecular formula is C10H19N3. The minimum absolute atomic E-state index is 0.213. The highest BCUT2D eigenvalue weighted by atomic mass is 15.3. The molecule has 1 aromatic heterocycles. The molecule has 0 aliphatic carbocycles. The Morgan fingerprint density at radius 3 is 2.69 bits per heavy atom. The van der Waals surface area contributed by atoms with Crippen LogP contribution in [0.25, 0.3) is 0 Å². The summed E-state index contributed by atoms with van der Waals surface area (Å²) in [5.41, 5.74) is 1.44. The van der Waals surface area contributed by atoms with Crippen LogP contribution < -0.4 is 5.32 Å². The molecule has 0 saturated carbocycles. The molecule has 0 spiro atoms. The van der Waals surface area contributed by atoms with Crippen molar-refractivity contribution < 1.29 is 0 Å².